The van der Waals surface area contributed by atoms with Crippen molar-refractivity contribution >= 4 is 21.5 Å². The Balaban J connectivity index is 1.87. The molecule has 5 aromatic carbocycles. The average Bonchev–Trinajstić information content (AvgIpc) is 3.00. The Morgan fingerprint density at radius 1 is 0.469 bits per heavy atom. The lowest BCUT2D eigenvalue weighted by Gasteiger charge is -2.17. The fourth-order valence-corrected chi connectivity index (χ4v) is 4.14. The molecule has 0 N–H and O–H groups in total. The second-order valence-electron chi connectivity index (χ2n) is 7.41. The maximum absolute atomic E-state index is 8.94. The second kappa shape index (κ2) is 7.79. The van der Waals surface area contributed by atoms with Gasteiger partial charge in [-0.25, -0.2) is 0 Å². The van der Waals surface area contributed by atoms with Crippen molar-refractivity contribution in [2.24, 2.45) is 0 Å². The summed E-state index contributed by atoms with van der Waals surface area (Å²) in [6.45, 7) is 0. The fourth-order valence-electron chi connectivity index (χ4n) is 4.14. The summed E-state index contributed by atoms with van der Waals surface area (Å²) in [7, 11) is 0. The van der Waals surface area contributed by atoms with Crippen molar-refractivity contribution in [1.29, 1.82) is 0 Å². The molecule has 0 fully saturated rings. The average molecular weight is 416 g/mol. The molecule has 0 aliphatic heterocycles. The van der Waals surface area contributed by atoms with Gasteiger partial charge in [0.2, 0.25) is 0 Å². The Labute approximate surface area is 198 Å². The number of aromatic nitrogens is 1. The smallest absolute Gasteiger partial charge is 0.0714 e. The Bertz CT molecular complexity index is 1870. The normalized spacial score (nSPS) is 14.6. The standard InChI is InChI=1S/C31H21N/c1-2-10-22(11-3-1)23-17-19-24(20-18-23)30-25-12-4-6-14-27(25)31(29-16-8-9-21-32-29)28-15-7-5-13-26(28)30/h1-21H/i4D,5D,6D,7D,12D,13D,14D,15D. The molecule has 0 aliphatic carbocycles. The van der Waals surface area contributed by atoms with Gasteiger partial charge in [0.05, 0.1) is 16.7 Å². The summed E-state index contributed by atoms with van der Waals surface area (Å²) >= 11 is 0. The van der Waals surface area contributed by atoms with E-state index in [9.17, 15) is 0 Å². The molecule has 0 saturated carbocycles. The Hall–Kier alpha value is -4.23. The minimum atomic E-state index is -0.430. The molecule has 32 heavy (non-hydrogen) atoms. The molecule has 0 bridgehead atoms. The lowest BCUT2D eigenvalue weighted by Crippen LogP contribution is -1.92. The third-order valence-electron chi connectivity index (χ3n) is 5.58. The number of hydrogen-bond donors (Lipinski definition) is 0. The summed E-state index contributed by atoms with van der Waals surface area (Å²) in [5.41, 5.74) is 3.42. The summed E-state index contributed by atoms with van der Waals surface area (Å²) in [6, 6.07) is 19.4. The molecule has 0 aliphatic rings. The molecule has 0 unspecified atom stereocenters. The van der Waals surface area contributed by atoms with Crippen LogP contribution in [0.5, 0.6) is 0 Å². The zero-order valence-corrected chi connectivity index (χ0v) is 17.0. The quantitative estimate of drug-likeness (QED) is 0.264. The van der Waals surface area contributed by atoms with Crippen LogP contribution in [0.25, 0.3) is 55.1 Å². The molecule has 0 atom stereocenters. The van der Waals surface area contributed by atoms with Crippen molar-refractivity contribution in [3.8, 4) is 33.5 Å². The molecule has 0 spiro atoms. The van der Waals surface area contributed by atoms with Crippen molar-refractivity contribution in [2.45, 2.75) is 0 Å². The topological polar surface area (TPSA) is 12.9 Å². The van der Waals surface area contributed by atoms with Crippen LogP contribution in [0.3, 0.4) is 0 Å². The molecular weight excluding hydrogens is 386 g/mol. The molecule has 1 heterocycles. The van der Waals surface area contributed by atoms with Crippen LogP contribution in [0.4, 0.5) is 0 Å². The summed E-state index contributed by atoms with van der Waals surface area (Å²) in [5, 5.41) is 0.669. The van der Waals surface area contributed by atoms with Crippen LogP contribution in [0.2, 0.25) is 0 Å². The molecule has 0 amide bonds. The second-order valence-corrected chi connectivity index (χ2v) is 7.41. The summed E-state index contributed by atoms with van der Waals surface area (Å²) < 4.78 is 69.5. The highest BCUT2D eigenvalue weighted by Gasteiger charge is 2.16. The lowest BCUT2D eigenvalue weighted by molar-refractivity contribution is 1.34. The maximum Gasteiger partial charge on any atom is 0.0714 e. The molecule has 150 valence electrons. The summed E-state index contributed by atoms with van der Waals surface area (Å²) in [6.07, 6.45) is 1.54. The highest BCUT2D eigenvalue weighted by Crippen LogP contribution is 2.43. The lowest BCUT2D eigenvalue weighted by atomic mass is 9.87. The van der Waals surface area contributed by atoms with Gasteiger partial charge in [-0.15, -0.1) is 0 Å². The Morgan fingerprint density at radius 2 is 0.969 bits per heavy atom. The predicted molar refractivity (Wildman–Crippen MR) is 136 cm³/mol. The highest BCUT2D eigenvalue weighted by molar-refractivity contribution is 6.21. The van der Waals surface area contributed by atoms with Gasteiger partial charge in [0.15, 0.2) is 0 Å². The zero-order valence-electron chi connectivity index (χ0n) is 25.0. The fraction of sp³-hybridized carbons (Fsp3) is 0. The van der Waals surface area contributed by atoms with Crippen LogP contribution >= 0.6 is 0 Å². The number of pyridine rings is 1. The van der Waals surface area contributed by atoms with E-state index in [4.69, 9.17) is 11.0 Å². The van der Waals surface area contributed by atoms with E-state index < -0.39 is 24.2 Å². The monoisotopic (exact) mass is 415 g/mol. The Morgan fingerprint density at radius 3 is 1.53 bits per heavy atom. The first kappa shape index (κ1) is 12.0. The highest BCUT2D eigenvalue weighted by atomic mass is 14.7. The number of benzene rings is 5. The minimum Gasteiger partial charge on any atom is -0.256 e. The first-order chi connectivity index (χ1) is 19.2. The van der Waals surface area contributed by atoms with Crippen LogP contribution in [0.15, 0.2) is 127 Å². The molecule has 1 heteroatoms. The third kappa shape index (κ3) is 3.07. The molecule has 6 aromatic rings. The van der Waals surface area contributed by atoms with Gasteiger partial charge in [-0.1, -0.05) is 109 Å². The van der Waals surface area contributed by atoms with Gasteiger partial charge in [-0.3, -0.25) is 4.98 Å². The van der Waals surface area contributed by atoms with Crippen molar-refractivity contribution in [3.05, 3.63) is 127 Å². The van der Waals surface area contributed by atoms with Gasteiger partial charge >= 0.3 is 0 Å². The van der Waals surface area contributed by atoms with Crippen molar-refractivity contribution in [3.63, 3.8) is 0 Å². The molecular formula is C31H21N. The van der Waals surface area contributed by atoms with Crippen molar-refractivity contribution < 1.29 is 11.0 Å². The van der Waals surface area contributed by atoms with Gasteiger partial charge in [-0.05, 0) is 55.9 Å². The first-order valence-electron chi connectivity index (χ1n) is 14.3. The van der Waals surface area contributed by atoms with E-state index in [1.54, 1.807) is 24.4 Å². The Kier molecular flexibility index (Phi) is 2.91. The van der Waals surface area contributed by atoms with Crippen LogP contribution in [0, 0.1) is 0 Å². The number of rotatable bonds is 3. The summed E-state index contributed by atoms with van der Waals surface area (Å²) in [4.78, 5) is 4.44. The van der Waals surface area contributed by atoms with Crippen LogP contribution in [-0.4, -0.2) is 4.98 Å². The van der Waals surface area contributed by atoms with E-state index in [1.165, 1.54) is 0 Å². The van der Waals surface area contributed by atoms with Gasteiger partial charge in [-0.2, -0.15) is 0 Å². The van der Waals surface area contributed by atoms with E-state index in [-0.39, 0.29) is 51.3 Å². The SMILES string of the molecule is [2H]c1c([2H])c([2H])c2c(-c3ccccn3)c3c([2H])c([2H])c([2H])c([2H])c3c(-c3ccc(-c4ccccc4)cc3)c2c1[2H]. The minimum absolute atomic E-state index is 0.157. The molecule has 0 saturated heterocycles. The first-order valence-corrected chi connectivity index (χ1v) is 10.3. The van der Waals surface area contributed by atoms with E-state index in [1.807, 2.05) is 54.6 Å². The molecule has 1 aromatic heterocycles. The largest absolute Gasteiger partial charge is 0.256 e. The van der Waals surface area contributed by atoms with Gasteiger partial charge in [0.1, 0.15) is 0 Å². The van der Waals surface area contributed by atoms with E-state index in [0.717, 1.165) is 11.1 Å². The van der Waals surface area contributed by atoms with E-state index in [0.29, 0.717) is 16.8 Å². The number of fused-ring (bicyclic) bond motifs is 2. The molecule has 1 nitrogen and oxygen atoms in total. The predicted octanol–water partition coefficient (Wildman–Crippen LogP) is 8.39. The van der Waals surface area contributed by atoms with Gasteiger partial charge < -0.3 is 0 Å². The van der Waals surface area contributed by atoms with Gasteiger partial charge in [0, 0.05) is 11.8 Å². The van der Waals surface area contributed by atoms with Gasteiger partial charge in [0.25, 0.3) is 0 Å². The number of hydrogen-bond acceptors (Lipinski definition) is 1. The van der Waals surface area contributed by atoms with Crippen LogP contribution < -0.4 is 0 Å². The van der Waals surface area contributed by atoms with Crippen LogP contribution in [-0.2, 0) is 0 Å². The van der Waals surface area contributed by atoms with Crippen molar-refractivity contribution in [1.82, 2.24) is 4.98 Å². The van der Waals surface area contributed by atoms with E-state index in [2.05, 4.69) is 4.98 Å². The third-order valence-corrected chi connectivity index (χ3v) is 5.58. The molecule has 6 rings (SSSR count). The van der Waals surface area contributed by atoms with Crippen LogP contribution in [0.1, 0.15) is 11.0 Å². The summed E-state index contributed by atoms with van der Waals surface area (Å²) in [5.74, 6) is 0. The van der Waals surface area contributed by atoms with E-state index >= 15 is 0 Å². The zero-order chi connectivity index (χ0) is 28.3. The van der Waals surface area contributed by atoms with Crippen molar-refractivity contribution in [2.75, 3.05) is 0 Å². The number of nitrogens with zero attached hydrogens (tertiary/aromatic N) is 1. The molecule has 0 radical (unpaired) electrons. The maximum atomic E-state index is 8.94.